The maximum atomic E-state index is 12.3. The molecule has 0 amide bonds. The molecule has 2 aromatic rings. The number of ether oxygens (including phenoxy) is 1. The van der Waals surface area contributed by atoms with E-state index in [9.17, 15) is 4.79 Å². The van der Waals surface area contributed by atoms with Gasteiger partial charge in [-0.2, -0.15) is 0 Å². The van der Waals surface area contributed by atoms with E-state index in [0.29, 0.717) is 17.7 Å². The number of nitrogens with two attached hydrogens (primary N) is 1. The summed E-state index contributed by atoms with van der Waals surface area (Å²) in [6.45, 7) is 4.05. The molecular weight excluding hydrogens is 316 g/mol. The van der Waals surface area contributed by atoms with Gasteiger partial charge in [0, 0.05) is 11.6 Å². The summed E-state index contributed by atoms with van der Waals surface area (Å²) < 4.78 is 5.11. The maximum absolute atomic E-state index is 12.3. The quantitative estimate of drug-likeness (QED) is 0.809. The Kier molecular flexibility index (Phi) is 5.16. The second kappa shape index (κ2) is 7.51. The normalized spacial score (nSPS) is 14.5. The molecule has 25 heavy (non-hydrogen) atoms. The van der Waals surface area contributed by atoms with Crippen molar-refractivity contribution in [2.45, 2.75) is 45.6 Å². The molecule has 1 aromatic heterocycles. The van der Waals surface area contributed by atoms with Crippen LogP contribution in [0.15, 0.2) is 24.3 Å². The fourth-order valence-corrected chi connectivity index (χ4v) is 3.03. The van der Waals surface area contributed by atoms with Crippen LogP contribution >= 0.6 is 0 Å². The molecule has 0 unspecified atom stereocenters. The average molecular weight is 340 g/mol. The van der Waals surface area contributed by atoms with Crippen LogP contribution < -0.4 is 11.1 Å². The standard InChI is InChI=1S/C19H24N4O2/c1-3-25-19(24)16-15(20)18(21-14-6-4-5-7-14)23-17(22-16)13-10-8-12(2)9-11-13/h8-11,14H,3-7,20H2,1-2H3,(H,21,22,23). The monoisotopic (exact) mass is 340 g/mol. The molecule has 1 heterocycles. The first kappa shape index (κ1) is 17.2. The number of nitrogens with zero attached hydrogens (tertiary/aromatic N) is 2. The molecule has 0 saturated heterocycles. The zero-order valence-corrected chi connectivity index (χ0v) is 14.7. The molecular formula is C19H24N4O2. The number of carbonyl (C=O) groups excluding carboxylic acids is 1. The first-order valence-corrected chi connectivity index (χ1v) is 8.76. The van der Waals surface area contributed by atoms with Gasteiger partial charge in [0.05, 0.1) is 6.61 Å². The molecule has 6 heteroatoms. The van der Waals surface area contributed by atoms with E-state index < -0.39 is 5.97 Å². The summed E-state index contributed by atoms with van der Waals surface area (Å²) in [5, 5.41) is 3.38. The molecule has 0 atom stereocenters. The van der Waals surface area contributed by atoms with Crippen LogP contribution in [0.5, 0.6) is 0 Å². The van der Waals surface area contributed by atoms with Crippen molar-refractivity contribution < 1.29 is 9.53 Å². The second-order valence-corrected chi connectivity index (χ2v) is 6.37. The van der Waals surface area contributed by atoms with E-state index in [0.717, 1.165) is 24.0 Å². The number of carbonyl (C=O) groups is 1. The Balaban J connectivity index is 2.02. The molecule has 0 bridgehead atoms. The van der Waals surface area contributed by atoms with E-state index in [-0.39, 0.29) is 18.0 Å². The van der Waals surface area contributed by atoms with Crippen molar-refractivity contribution in [1.82, 2.24) is 9.97 Å². The highest BCUT2D eigenvalue weighted by atomic mass is 16.5. The third-order valence-electron chi connectivity index (χ3n) is 4.42. The minimum absolute atomic E-state index is 0.118. The summed E-state index contributed by atoms with van der Waals surface area (Å²) in [6, 6.07) is 8.19. The largest absolute Gasteiger partial charge is 0.461 e. The molecule has 3 rings (SSSR count). The minimum atomic E-state index is -0.523. The van der Waals surface area contributed by atoms with Crippen LogP contribution in [0.25, 0.3) is 11.4 Å². The first-order valence-electron chi connectivity index (χ1n) is 8.76. The fourth-order valence-electron chi connectivity index (χ4n) is 3.03. The van der Waals surface area contributed by atoms with Gasteiger partial charge in [0.15, 0.2) is 17.3 Å². The molecule has 0 spiro atoms. The Bertz CT molecular complexity index is 753. The summed E-state index contributed by atoms with van der Waals surface area (Å²) in [5.41, 5.74) is 8.53. The van der Waals surface area contributed by atoms with Crippen molar-refractivity contribution >= 4 is 17.5 Å². The number of esters is 1. The number of hydrogen-bond acceptors (Lipinski definition) is 6. The molecule has 1 aliphatic rings. The third kappa shape index (κ3) is 3.90. The van der Waals surface area contributed by atoms with Gasteiger partial charge in [0.1, 0.15) is 5.69 Å². The predicted molar refractivity (Wildman–Crippen MR) is 98.5 cm³/mol. The Hall–Kier alpha value is -2.63. The molecule has 1 saturated carbocycles. The fraction of sp³-hybridized carbons (Fsp3) is 0.421. The Labute approximate surface area is 147 Å². The highest BCUT2D eigenvalue weighted by Crippen LogP contribution is 2.29. The minimum Gasteiger partial charge on any atom is -0.461 e. The van der Waals surface area contributed by atoms with Gasteiger partial charge in [0.2, 0.25) is 0 Å². The third-order valence-corrected chi connectivity index (χ3v) is 4.42. The number of aryl methyl sites for hydroxylation is 1. The Morgan fingerprint density at radius 2 is 1.92 bits per heavy atom. The van der Waals surface area contributed by atoms with E-state index in [1.807, 2.05) is 31.2 Å². The van der Waals surface area contributed by atoms with Crippen LogP contribution in [0.3, 0.4) is 0 Å². The van der Waals surface area contributed by atoms with Crippen LogP contribution in [0.1, 0.15) is 48.7 Å². The smallest absolute Gasteiger partial charge is 0.359 e. The van der Waals surface area contributed by atoms with Gasteiger partial charge >= 0.3 is 5.97 Å². The van der Waals surface area contributed by atoms with Crippen LogP contribution in [-0.4, -0.2) is 28.6 Å². The second-order valence-electron chi connectivity index (χ2n) is 6.37. The lowest BCUT2D eigenvalue weighted by molar-refractivity contribution is 0.0521. The van der Waals surface area contributed by atoms with Crippen molar-refractivity contribution in [3.8, 4) is 11.4 Å². The SMILES string of the molecule is CCOC(=O)c1nc(-c2ccc(C)cc2)nc(NC2CCCC2)c1N. The zero-order valence-electron chi connectivity index (χ0n) is 14.7. The van der Waals surface area contributed by atoms with Crippen molar-refractivity contribution in [3.05, 3.63) is 35.5 Å². The number of aromatic nitrogens is 2. The van der Waals surface area contributed by atoms with Gasteiger partial charge in [-0.15, -0.1) is 0 Å². The van der Waals surface area contributed by atoms with Gasteiger partial charge in [-0.05, 0) is 26.7 Å². The van der Waals surface area contributed by atoms with E-state index in [2.05, 4.69) is 15.3 Å². The highest BCUT2D eigenvalue weighted by Gasteiger charge is 2.23. The number of anilines is 2. The summed E-state index contributed by atoms with van der Waals surface area (Å²) in [4.78, 5) is 21.2. The van der Waals surface area contributed by atoms with E-state index in [1.54, 1.807) is 6.92 Å². The molecule has 1 aromatic carbocycles. The Morgan fingerprint density at radius 1 is 1.24 bits per heavy atom. The zero-order chi connectivity index (χ0) is 17.8. The van der Waals surface area contributed by atoms with Gasteiger partial charge < -0.3 is 15.8 Å². The van der Waals surface area contributed by atoms with Crippen LogP contribution in [-0.2, 0) is 4.74 Å². The van der Waals surface area contributed by atoms with E-state index in [1.165, 1.54) is 12.8 Å². The number of hydrogen-bond donors (Lipinski definition) is 2. The van der Waals surface area contributed by atoms with E-state index in [4.69, 9.17) is 10.5 Å². The molecule has 1 aliphatic carbocycles. The average Bonchev–Trinajstić information content (AvgIpc) is 3.10. The lowest BCUT2D eigenvalue weighted by atomic mass is 10.1. The van der Waals surface area contributed by atoms with Crippen LogP contribution in [0.2, 0.25) is 0 Å². The lowest BCUT2D eigenvalue weighted by Crippen LogP contribution is -2.20. The van der Waals surface area contributed by atoms with Crippen molar-refractivity contribution in [1.29, 1.82) is 0 Å². The topological polar surface area (TPSA) is 90.1 Å². The molecule has 1 fully saturated rings. The van der Waals surface area contributed by atoms with Crippen LogP contribution in [0.4, 0.5) is 11.5 Å². The maximum Gasteiger partial charge on any atom is 0.359 e. The molecule has 0 radical (unpaired) electrons. The number of nitrogens with one attached hydrogen (secondary N) is 1. The molecule has 132 valence electrons. The van der Waals surface area contributed by atoms with Gasteiger partial charge in [-0.1, -0.05) is 42.7 Å². The number of rotatable bonds is 5. The molecule has 6 nitrogen and oxygen atoms in total. The van der Waals surface area contributed by atoms with Gasteiger partial charge in [-0.25, -0.2) is 14.8 Å². The lowest BCUT2D eigenvalue weighted by Gasteiger charge is -2.17. The Morgan fingerprint density at radius 3 is 2.56 bits per heavy atom. The van der Waals surface area contributed by atoms with E-state index >= 15 is 0 Å². The summed E-state index contributed by atoms with van der Waals surface area (Å²) in [5.74, 6) is 0.462. The summed E-state index contributed by atoms with van der Waals surface area (Å²) >= 11 is 0. The molecule has 3 N–H and O–H groups in total. The van der Waals surface area contributed by atoms with Crippen molar-refractivity contribution in [2.75, 3.05) is 17.7 Å². The predicted octanol–water partition coefficient (Wildman–Crippen LogP) is 3.57. The number of benzene rings is 1. The van der Waals surface area contributed by atoms with Crippen molar-refractivity contribution in [2.24, 2.45) is 0 Å². The molecule has 0 aliphatic heterocycles. The summed E-state index contributed by atoms with van der Waals surface area (Å²) in [7, 11) is 0. The van der Waals surface area contributed by atoms with Crippen LogP contribution in [0, 0.1) is 6.92 Å². The highest BCUT2D eigenvalue weighted by molar-refractivity contribution is 5.96. The number of nitrogen functional groups attached to an aromatic ring is 1. The van der Waals surface area contributed by atoms with Gasteiger partial charge in [0.25, 0.3) is 0 Å². The first-order chi connectivity index (χ1) is 12.1. The van der Waals surface area contributed by atoms with Gasteiger partial charge in [-0.3, -0.25) is 0 Å². The van der Waals surface area contributed by atoms with Crippen molar-refractivity contribution in [3.63, 3.8) is 0 Å². The summed E-state index contributed by atoms with van der Waals surface area (Å²) in [6.07, 6.45) is 4.55.